The highest BCUT2D eigenvalue weighted by atomic mass is 35.5. The predicted octanol–water partition coefficient (Wildman–Crippen LogP) is 4.77. The van der Waals surface area contributed by atoms with Gasteiger partial charge in [-0.15, -0.1) is 22.7 Å². The second kappa shape index (κ2) is 6.26. The molecule has 4 nitrogen and oxygen atoms in total. The number of thiophene rings is 1. The van der Waals surface area contributed by atoms with Crippen LogP contribution in [0.1, 0.15) is 5.76 Å². The minimum Gasteiger partial charge on any atom is -0.465 e. The zero-order valence-electron chi connectivity index (χ0n) is 10.6. The smallest absolute Gasteiger partial charge is 0.250 e. The van der Waals surface area contributed by atoms with Gasteiger partial charge in [0, 0.05) is 11.5 Å². The van der Waals surface area contributed by atoms with Crippen LogP contribution in [0.15, 0.2) is 46.4 Å². The Morgan fingerprint density at radius 2 is 2.29 bits per heavy atom. The van der Waals surface area contributed by atoms with E-state index >= 15 is 0 Å². The standard InChI is InChI=1S/C14H9ClN2O2S2/c15-12-5-4-11(21-12)10-8-20-14(16-10)17-13(18)6-3-9-2-1-7-19-9/h1-8H,(H,16,17,18)/b6-3+. The molecule has 21 heavy (non-hydrogen) atoms. The molecule has 3 heterocycles. The molecule has 3 aromatic rings. The summed E-state index contributed by atoms with van der Waals surface area (Å²) in [6.45, 7) is 0. The molecule has 0 aliphatic heterocycles. The number of nitrogens with one attached hydrogen (secondary N) is 1. The van der Waals surface area contributed by atoms with Crippen molar-refractivity contribution in [2.75, 3.05) is 5.32 Å². The lowest BCUT2D eigenvalue weighted by Gasteiger charge is -1.95. The van der Waals surface area contributed by atoms with Gasteiger partial charge in [-0.2, -0.15) is 0 Å². The number of amides is 1. The van der Waals surface area contributed by atoms with Gasteiger partial charge in [-0.25, -0.2) is 4.98 Å². The van der Waals surface area contributed by atoms with Crippen molar-refractivity contribution in [2.24, 2.45) is 0 Å². The number of nitrogens with zero attached hydrogens (tertiary/aromatic N) is 1. The molecule has 0 aromatic carbocycles. The van der Waals surface area contributed by atoms with Gasteiger partial charge < -0.3 is 4.42 Å². The summed E-state index contributed by atoms with van der Waals surface area (Å²) in [7, 11) is 0. The highest BCUT2D eigenvalue weighted by Gasteiger charge is 2.08. The van der Waals surface area contributed by atoms with Crippen LogP contribution in [0.3, 0.4) is 0 Å². The third kappa shape index (κ3) is 3.60. The molecule has 0 bridgehead atoms. The van der Waals surface area contributed by atoms with E-state index in [1.54, 1.807) is 24.5 Å². The van der Waals surface area contributed by atoms with E-state index < -0.39 is 0 Å². The van der Waals surface area contributed by atoms with Gasteiger partial charge in [0.25, 0.3) is 0 Å². The van der Waals surface area contributed by atoms with E-state index in [1.165, 1.54) is 28.7 Å². The summed E-state index contributed by atoms with van der Waals surface area (Å²) in [5.41, 5.74) is 0.808. The first-order valence-corrected chi connectivity index (χ1v) is 8.02. The quantitative estimate of drug-likeness (QED) is 0.698. The van der Waals surface area contributed by atoms with Crippen molar-refractivity contribution in [1.29, 1.82) is 0 Å². The van der Waals surface area contributed by atoms with Gasteiger partial charge in [-0.3, -0.25) is 10.1 Å². The van der Waals surface area contributed by atoms with Gasteiger partial charge in [0.05, 0.1) is 21.2 Å². The van der Waals surface area contributed by atoms with Gasteiger partial charge in [-0.05, 0) is 30.3 Å². The Balaban J connectivity index is 1.65. The van der Waals surface area contributed by atoms with Gasteiger partial charge in [0.1, 0.15) is 5.76 Å². The third-order valence-electron chi connectivity index (χ3n) is 2.50. The Morgan fingerprint density at radius 3 is 3.00 bits per heavy atom. The molecule has 0 saturated carbocycles. The first-order chi connectivity index (χ1) is 10.2. The third-order valence-corrected chi connectivity index (χ3v) is 4.51. The van der Waals surface area contributed by atoms with Crippen molar-refractivity contribution in [3.63, 3.8) is 0 Å². The molecule has 0 aliphatic carbocycles. The molecular weight excluding hydrogens is 328 g/mol. The first kappa shape index (κ1) is 14.1. The lowest BCUT2D eigenvalue weighted by Crippen LogP contribution is -2.07. The van der Waals surface area contributed by atoms with Crippen molar-refractivity contribution < 1.29 is 9.21 Å². The number of rotatable bonds is 4. The van der Waals surface area contributed by atoms with Gasteiger partial charge in [0.15, 0.2) is 5.13 Å². The van der Waals surface area contributed by atoms with E-state index in [0.717, 1.165) is 10.6 Å². The van der Waals surface area contributed by atoms with Crippen LogP contribution in [0.4, 0.5) is 5.13 Å². The molecule has 0 fully saturated rings. The molecule has 3 aromatic heterocycles. The average Bonchev–Trinajstić information content (AvgIpc) is 3.17. The van der Waals surface area contributed by atoms with Crippen LogP contribution in [0.2, 0.25) is 4.34 Å². The van der Waals surface area contributed by atoms with E-state index in [-0.39, 0.29) is 5.91 Å². The molecule has 0 spiro atoms. The fraction of sp³-hybridized carbons (Fsp3) is 0. The number of thiazole rings is 1. The molecule has 1 amide bonds. The van der Waals surface area contributed by atoms with E-state index in [2.05, 4.69) is 10.3 Å². The molecule has 7 heteroatoms. The summed E-state index contributed by atoms with van der Waals surface area (Å²) in [6.07, 6.45) is 4.56. The Hall–Kier alpha value is -1.89. The van der Waals surface area contributed by atoms with Crippen LogP contribution in [-0.2, 0) is 4.79 Å². The van der Waals surface area contributed by atoms with Crippen LogP contribution >= 0.6 is 34.3 Å². The largest absolute Gasteiger partial charge is 0.465 e. The predicted molar refractivity (Wildman–Crippen MR) is 86.8 cm³/mol. The monoisotopic (exact) mass is 336 g/mol. The number of furan rings is 1. The number of halogens is 1. The van der Waals surface area contributed by atoms with Crippen molar-refractivity contribution in [3.8, 4) is 10.6 Å². The zero-order chi connectivity index (χ0) is 14.7. The molecule has 106 valence electrons. The fourth-order valence-electron chi connectivity index (χ4n) is 1.59. The second-order valence-corrected chi connectivity index (χ2v) is 6.55. The Kier molecular flexibility index (Phi) is 4.19. The summed E-state index contributed by atoms with van der Waals surface area (Å²) < 4.78 is 5.82. The van der Waals surface area contributed by atoms with E-state index in [1.807, 2.05) is 17.5 Å². The lowest BCUT2D eigenvalue weighted by molar-refractivity contribution is -0.111. The summed E-state index contributed by atoms with van der Waals surface area (Å²) >= 11 is 8.72. The van der Waals surface area contributed by atoms with Crippen molar-refractivity contribution in [3.05, 3.63) is 52.1 Å². The maximum Gasteiger partial charge on any atom is 0.250 e. The summed E-state index contributed by atoms with van der Waals surface area (Å²) in [5.74, 6) is 0.370. The highest BCUT2D eigenvalue weighted by molar-refractivity contribution is 7.20. The zero-order valence-corrected chi connectivity index (χ0v) is 13.0. The summed E-state index contributed by atoms with van der Waals surface area (Å²) in [5, 5.41) is 5.14. The first-order valence-electron chi connectivity index (χ1n) is 5.94. The van der Waals surface area contributed by atoms with Crippen molar-refractivity contribution >= 4 is 51.4 Å². The van der Waals surface area contributed by atoms with Crippen molar-refractivity contribution in [2.45, 2.75) is 0 Å². The maximum absolute atomic E-state index is 11.8. The van der Waals surface area contributed by atoms with E-state index in [4.69, 9.17) is 16.0 Å². The molecule has 0 unspecified atom stereocenters. The van der Waals surface area contributed by atoms with Crippen LogP contribution in [-0.4, -0.2) is 10.9 Å². The van der Waals surface area contributed by atoms with Gasteiger partial charge in [-0.1, -0.05) is 11.6 Å². The van der Waals surface area contributed by atoms with Crippen LogP contribution in [0.5, 0.6) is 0 Å². The maximum atomic E-state index is 11.8. The minimum absolute atomic E-state index is 0.253. The summed E-state index contributed by atoms with van der Waals surface area (Å²) in [6, 6.07) is 7.26. The normalized spacial score (nSPS) is 11.1. The van der Waals surface area contributed by atoms with Gasteiger partial charge >= 0.3 is 0 Å². The van der Waals surface area contributed by atoms with Crippen molar-refractivity contribution in [1.82, 2.24) is 4.98 Å². The van der Waals surface area contributed by atoms with E-state index in [9.17, 15) is 4.79 Å². The SMILES string of the molecule is O=C(/C=C/c1ccco1)Nc1nc(-c2ccc(Cl)s2)cs1. The lowest BCUT2D eigenvalue weighted by atomic mass is 10.4. The number of aromatic nitrogens is 1. The van der Waals surface area contributed by atoms with E-state index in [0.29, 0.717) is 15.2 Å². The number of carbonyl (C=O) groups excluding carboxylic acids is 1. The number of hydrogen-bond donors (Lipinski definition) is 1. The molecule has 0 aliphatic rings. The minimum atomic E-state index is -0.253. The Bertz CT molecular complexity index is 775. The summed E-state index contributed by atoms with van der Waals surface area (Å²) in [4.78, 5) is 17.1. The number of carbonyl (C=O) groups is 1. The second-order valence-electron chi connectivity index (χ2n) is 3.98. The van der Waals surface area contributed by atoms with Crippen LogP contribution in [0, 0.1) is 0 Å². The number of anilines is 1. The number of hydrogen-bond acceptors (Lipinski definition) is 5. The Labute approximate surface area is 133 Å². The molecule has 0 atom stereocenters. The van der Waals surface area contributed by atoms with Crippen LogP contribution < -0.4 is 5.32 Å². The van der Waals surface area contributed by atoms with Crippen LogP contribution in [0.25, 0.3) is 16.6 Å². The Morgan fingerprint density at radius 1 is 1.38 bits per heavy atom. The average molecular weight is 337 g/mol. The molecule has 3 rings (SSSR count). The molecule has 0 saturated heterocycles. The fourth-order valence-corrected chi connectivity index (χ4v) is 3.38. The molecule has 1 N–H and O–H groups in total. The van der Waals surface area contributed by atoms with Gasteiger partial charge in [0.2, 0.25) is 5.91 Å². The molecule has 0 radical (unpaired) electrons. The molecular formula is C14H9ClN2O2S2. The topological polar surface area (TPSA) is 55.1 Å². The highest BCUT2D eigenvalue weighted by Crippen LogP contribution is 2.32.